The van der Waals surface area contributed by atoms with Crippen LogP contribution >= 0.6 is 0 Å². The van der Waals surface area contributed by atoms with Crippen LogP contribution in [0.4, 0.5) is 17.1 Å². The van der Waals surface area contributed by atoms with E-state index < -0.39 is 5.92 Å². The molecule has 0 aliphatic carbocycles. The van der Waals surface area contributed by atoms with Gasteiger partial charge in [-0.2, -0.15) is 0 Å². The zero-order chi connectivity index (χ0) is 20.9. The Morgan fingerprint density at radius 2 is 1.67 bits per heavy atom. The van der Waals surface area contributed by atoms with Gasteiger partial charge in [-0.25, -0.2) is 0 Å². The van der Waals surface area contributed by atoms with E-state index in [0.717, 1.165) is 5.69 Å². The van der Waals surface area contributed by atoms with Gasteiger partial charge in [-0.3, -0.25) is 19.4 Å². The number of anilines is 3. The van der Waals surface area contributed by atoms with E-state index in [1.807, 2.05) is 30.3 Å². The second-order valence-electron chi connectivity index (χ2n) is 7.00. The van der Waals surface area contributed by atoms with Crippen LogP contribution in [0.25, 0.3) is 0 Å². The summed E-state index contributed by atoms with van der Waals surface area (Å²) in [5, 5.41) is 5.59. The molecule has 7 heteroatoms. The summed E-state index contributed by atoms with van der Waals surface area (Å²) in [4.78, 5) is 42.8. The summed E-state index contributed by atoms with van der Waals surface area (Å²) in [6, 6.07) is 19.4. The molecule has 1 unspecified atom stereocenters. The van der Waals surface area contributed by atoms with Gasteiger partial charge in [0.05, 0.1) is 17.8 Å². The highest BCUT2D eigenvalue weighted by molar-refractivity contribution is 6.05. The van der Waals surface area contributed by atoms with E-state index in [-0.39, 0.29) is 24.1 Å². The molecule has 1 atom stereocenters. The zero-order valence-corrected chi connectivity index (χ0v) is 16.1. The number of aromatic nitrogens is 1. The molecule has 2 aromatic carbocycles. The molecule has 1 aliphatic heterocycles. The third-order valence-electron chi connectivity index (χ3n) is 4.90. The van der Waals surface area contributed by atoms with Crippen LogP contribution in [-0.2, 0) is 9.59 Å². The highest BCUT2D eigenvalue weighted by Gasteiger charge is 2.35. The van der Waals surface area contributed by atoms with Crippen molar-refractivity contribution >= 4 is 34.8 Å². The summed E-state index contributed by atoms with van der Waals surface area (Å²) < 4.78 is 0. The van der Waals surface area contributed by atoms with E-state index in [1.54, 1.807) is 53.7 Å². The van der Waals surface area contributed by atoms with Gasteiger partial charge in [0.2, 0.25) is 11.8 Å². The average Bonchev–Trinajstić information content (AvgIpc) is 3.17. The molecular formula is C23H20N4O3. The molecule has 0 spiro atoms. The van der Waals surface area contributed by atoms with Crippen molar-refractivity contribution in [2.24, 2.45) is 5.92 Å². The van der Waals surface area contributed by atoms with Crippen LogP contribution in [-0.4, -0.2) is 29.3 Å². The Hall–Kier alpha value is -4.00. The van der Waals surface area contributed by atoms with Crippen molar-refractivity contribution in [3.8, 4) is 0 Å². The average molecular weight is 400 g/mol. The lowest BCUT2D eigenvalue weighted by Crippen LogP contribution is -2.28. The summed E-state index contributed by atoms with van der Waals surface area (Å²) in [5.41, 5.74) is 2.43. The number of carbonyl (C=O) groups is 3. The largest absolute Gasteiger partial charge is 0.326 e. The van der Waals surface area contributed by atoms with Crippen LogP contribution in [0.5, 0.6) is 0 Å². The van der Waals surface area contributed by atoms with Crippen molar-refractivity contribution in [1.82, 2.24) is 4.98 Å². The highest BCUT2D eigenvalue weighted by atomic mass is 16.2. The lowest BCUT2D eigenvalue weighted by atomic mass is 10.1. The first-order chi connectivity index (χ1) is 14.6. The van der Waals surface area contributed by atoms with Crippen LogP contribution in [0.2, 0.25) is 0 Å². The molecule has 1 fully saturated rings. The predicted octanol–water partition coefficient (Wildman–Crippen LogP) is 3.33. The molecule has 0 radical (unpaired) electrons. The Bertz CT molecular complexity index is 1050. The van der Waals surface area contributed by atoms with Gasteiger partial charge in [0.1, 0.15) is 0 Å². The van der Waals surface area contributed by atoms with Crippen LogP contribution in [0.1, 0.15) is 16.8 Å². The standard InChI is InChI=1S/C23H20N4O3/c28-21-13-17(15-27(21)20-6-2-1-3-7-20)23(30)25-18-10-8-16(9-11-18)22(29)26-19-5-4-12-24-14-19/h1-12,14,17H,13,15H2,(H,25,30)(H,26,29). The van der Waals surface area contributed by atoms with Gasteiger partial charge in [-0.05, 0) is 48.5 Å². The second-order valence-corrected chi connectivity index (χ2v) is 7.00. The predicted molar refractivity (Wildman–Crippen MR) is 114 cm³/mol. The summed E-state index contributed by atoms with van der Waals surface area (Å²) in [5.74, 6) is -0.967. The molecule has 0 saturated carbocycles. The summed E-state index contributed by atoms with van der Waals surface area (Å²) in [6.45, 7) is 0.348. The summed E-state index contributed by atoms with van der Waals surface area (Å²) in [7, 11) is 0. The smallest absolute Gasteiger partial charge is 0.255 e. The number of para-hydroxylation sites is 1. The normalized spacial score (nSPS) is 15.7. The maximum atomic E-state index is 12.6. The number of hydrogen-bond donors (Lipinski definition) is 2. The lowest BCUT2D eigenvalue weighted by Gasteiger charge is -2.16. The minimum Gasteiger partial charge on any atom is -0.326 e. The Morgan fingerprint density at radius 3 is 2.37 bits per heavy atom. The Morgan fingerprint density at radius 1 is 0.900 bits per heavy atom. The fourth-order valence-corrected chi connectivity index (χ4v) is 3.33. The summed E-state index contributed by atoms with van der Waals surface area (Å²) in [6.07, 6.45) is 3.37. The third-order valence-corrected chi connectivity index (χ3v) is 4.90. The van der Waals surface area contributed by atoms with Gasteiger partial charge in [-0.1, -0.05) is 18.2 Å². The molecule has 30 heavy (non-hydrogen) atoms. The van der Waals surface area contributed by atoms with E-state index >= 15 is 0 Å². The molecule has 2 heterocycles. The van der Waals surface area contributed by atoms with E-state index in [0.29, 0.717) is 23.5 Å². The van der Waals surface area contributed by atoms with Gasteiger partial charge in [0.15, 0.2) is 0 Å². The topological polar surface area (TPSA) is 91.4 Å². The van der Waals surface area contributed by atoms with Crippen LogP contribution in [0, 0.1) is 5.92 Å². The molecule has 2 N–H and O–H groups in total. The Kier molecular flexibility index (Phi) is 5.52. The van der Waals surface area contributed by atoms with Crippen molar-refractivity contribution in [3.05, 3.63) is 84.7 Å². The minimum absolute atomic E-state index is 0.0660. The Labute approximate surface area is 173 Å². The molecule has 0 bridgehead atoms. The monoisotopic (exact) mass is 400 g/mol. The second kappa shape index (κ2) is 8.57. The van der Waals surface area contributed by atoms with E-state index in [1.165, 1.54) is 0 Å². The van der Waals surface area contributed by atoms with Gasteiger partial charge in [0.25, 0.3) is 5.91 Å². The maximum absolute atomic E-state index is 12.6. The first kappa shape index (κ1) is 19.3. The minimum atomic E-state index is -0.425. The van der Waals surface area contributed by atoms with E-state index in [2.05, 4.69) is 15.6 Å². The van der Waals surface area contributed by atoms with Crippen molar-refractivity contribution in [2.45, 2.75) is 6.42 Å². The number of rotatable bonds is 5. The number of carbonyl (C=O) groups excluding carboxylic acids is 3. The van der Waals surface area contributed by atoms with E-state index in [9.17, 15) is 14.4 Å². The van der Waals surface area contributed by atoms with Crippen molar-refractivity contribution in [2.75, 3.05) is 22.1 Å². The van der Waals surface area contributed by atoms with Crippen LogP contribution in [0.3, 0.4) is 0 Å². The van der Waals surface area contributed by atoms with Gasteiger partial charge < -0.3 is 15.5 Å². The summed E-state index contributed by atoms with van der Waals surface area (Å²) >= 11 is 0. The highest BCUT2D eigenvalue weighted by Crippen LogP contribution is 2.26. The zero-order valence-electron chi connectivity index (χ0n) is 16.1. The fourth-order valence-electron chi connectivity index (χ4n) is 3.33. The van der Waals surface area contributed by atoms with Gasteiger partial charge >= 0.3 is 0 Å². The molecule has 3 aromatic rings. The molecule has 3 amide bonds. The number of nitrogens with one attached hydrogen (secondary N) is 2. The number of nitrogens with zero attached hydrogens (tertiary/aromatic N) is 2. The van der Waals surface area contributed by atoms with Gasteiger partial charge in [-0.15, -0.1) is 0 Å². The molecule has 7 nitrogen and oxygen atoms in total. The van der Waals surface area contributed by atoms with Crippen LogP contribution < -0.4 is 15.5 Å². The molecule has 1 aromatic heterocycles. The first-order valence-electron chi connectivity index (χ1n) is 9.58. The fraction of sp³-hybridized carbons (Fsp3) is 0.130. The number of amides is 3. The maximum Gasteiger partial charge on any atom is 0.255 e. The first-order valence-corrected chi connectivity index (χ1v) is 9.58. The number of hydrogen-bond acceptors (Lipinski definition) is 4. The number of benzene rings is 2. The SMILES string of the molecule is O=C(Nc1cccnc1)c1ccc(NC(=O)C2CC(=O)N(c3ccccc3)C2)cc1. The van der Waals surface area contributed by atoms with E-state index in [4.69, 9.17) is 0 Å². The molecule has 4 rings (SSSR count). The molecule has 1 aliphatic rings. The molecular weight excluding hydrogens is 380 g/mol. The lowest BCUT2D eigenvalue weighted by molar-refractivity contribution is -0.122. The number of pyridine rings is 1. The van der Waals surface area contributed by atoms with Gasteiger partial charge in [0, 0.05) is 36.1 Å². The third kappa shape index (κ3) is 4.35. The van der Waals surface area contributed by atoms with Crippen molar-refractivity contribution < 1.29 is 14.4 Å². The Balaban J connectivity index is 1.36. The quantitative estimate of drug-likeness (QED) is 0.687. The van der Waals surface area contributed by atoms with Crippen molar-refractivity contribution in [3.63, 3.8) is 0 Å². The van der Waals surface area contributed by atoms with Crippen molar-refractivity contribution in [1.29, 1.82) is 0 Å². The molecule has 150 valence electrons. The molecule has 1 saturated heterocycles. The van der Waals surface area contributed by atoms with Crippen LogP contribution in [0.15, 0.2) is 79.1 Å².